The second kappa shape index (κ2) is 35.9. The molecule has 536 valence electrons. The van der Waals surface area contributed by atoms with Crippen molar-refractivity contribution in [2.24, 2.45) is 0 Å². The smallest absolute Gasteiger partial charge is 0.410 e. The summed E-state index contributed by atoms with van der Waals surface area (Å²) in [4.78, 5) is 67.9. The van der Waals surface area contributed by atoms with Gasteiger partial charge < -0.3 is 63.0 Å². The van der Waals surface area contributed by atoms with Crippen molar-refractivity contribution in [3.63, 3.8) is 0 Å². The average Bonchev–Trinajstić information content (AvgIpc) is 1.49. The van der Waals surface area contributed by atoms with Crippen LogP contribution in [0.3, 0.4) is 0 Å². The largest absolute Gasteiger partial charge is 0.508 e. The quantitative estimate of drug-likeness (QED) is 0.0826. The predicted molar refractivity (Wildman–Crippen MR) is 398 cm³/mol. The van der Waals surface area contributed by atoms with Crippen molar-refractivity contribution in [3.05, 3.63) is 221 Å². The van der Waals surface area contributed by atoms with Crippen LogP contribution in [0.4, 0.5) is 19.2 Å². The highest BCUT2D eigenvalue weighted by Gasteiger charge is 2.33. The molecule has 4 amide bonds. The minimum atomic E-state index is -0.580. The second-order valence-electron chi connectivity index (χ2n) is 28.3. The summed E-state index contributed by atoms with van der Waals surface area (Å²) in [7, 11) is 1.35. The Morgan fingerprint density at radius 3 is 1.15 bits per heavy atom. The molecule has 0 saturated heterocycles. The summed E-state index contributed by atoms with van der Waals surface area (Å²) in [5.74, 6) is 1.79. The average molecular weight is 1560 g/mol. The molecular weight excluding hydrogens is 1470 g/mol. The van der Waals surface area contributed by atoms with Gasteiger partial charge in [-0.15, -0.1) is 0 Å². The van der Waals surface area contributed by atoms with Crippen LogP contribution in [-0.2, 0) is 94.1 Å². The minimum Gasteiger partial charge on any atom is -0.508 e. The Labute approximate surface area is 614 Å². The normalized spacial score (nSPS) is 13.8. The first-order valence-corrected chi connectivity index (χ1v) is 36.1. The number of hydrogen-bond donors (Lipinski definition) is 2. The Morgan fingerprint density at radius 2 is 0.740 bits per heavy atom. The molecule has 2 N–H and O–H groups in total. The van der Waals surface area contributed by atoms with E-state index >= 15 is 0 Å². The van der Waals surface area contributed by atoms with Crippen molar-refractivity contribution in [1.29, 1.82) is 0 Å². The molecule has 4 heterocycles. The van der Waals surface area contributed by atoms with E-state index in [-0.39, 0.29) is 24.8 Å². The highest BCUT2D eigenvalue weighted by molar-refractivity contribution is 9.10. The first-order chi connectivity index (χ1) is 47.2. The van der Waals surface area contributed by atoms with E-state index in [0.29, 0.717) is 95.4 Å². The lowest BCUT2D eigenvalue weighted by atomic mass is 9.94. The number of ether oxygens (including phenoxy) is 7. The van der Waals surface area contributed by atoms with E-state index in [1.165, 1.54) is 12.7 Å². The van der Waals surface area contributed by atoms with Crippen molar-refractivity contribution < 1.29 is 67.3 Å². The number of hydrogen-bond acceptors (Lipinski definition) is 14. The summed E-state index contributed by atoms with van der Waals surface area (Å²) in [6.45, 7) is 27.2. The van der Waals surface area contributed by atoms with Crippen molar-refractivity contribution in [1.82, 2.24) is 19.6 Å². The Morgan fingerprint density at radius 1 is 0.390 bits per heavy atom. The van der Waals surface area contributed by atoms with Crippen molar-refractivity contribution >= 4 is 78.1 Å². The van der Waals surface area contributed by atoms with Crippen LogP contribution in [0.15, 0.2) is 155 Å². The standard InChI is InChI=1S/C23H27NO5.C21H24BrNO3.C14H18BrNO3.C14H19NO3.C7H7Br/c1-23(2,3)29-22(26)24-13-12-17-19(14-24)18(21(25)27-4)10-11-20(17)28-15-16-8-6-5-7-9-16;1-21(2,3)26-20(24)23-12-11-16-17(13-23)18(22)9-10-19(16)25-14-15-7-5-4-6-8-15;1-14(2,3)19-13(18)16-7-6-9-10(8-16)11(15)4-5-12(9)17;1-14(2,3)18-13(17)15-8-7-11-10(9-15)5-4-6-12(11)16;8-6-7-4-2-1-3-5-7/h5-11H,12-15H2,1-4H3;4-10H,11-14H2,1-3H3;4-5,17H,6-8H2,1-3H3;4-6,16H,7-9H2,1-3H3;1-5H,6H2. The SMILES string of the molecule is BrCc1ccccc1.CC(C)(C)OC(=O)N1CCc2c(O)ccc(Br)c2C1.CC(C)(C)OC(=O)N1CCc2c(O)cccc2C1.CC(C)(C)OC(=O)N1CCc2c(OCc3ccccc3)ccc(Br)c2C1.COC(=O)c1ccc(OCc2ccccc2)c2c1CN(C(=O)OC(C)(C)C)CC2. The number of aromatic hydroxyl groups is 2. The summed E-state index contributed by atoms with van der Waals surface area (Å²) < 4.78 is 40.7. The molecule has 0 bridgehead atoms. The van der Waals surface area contributed by atoms with Crippen LogP contribution in [-0.4, -0.2) is 116 Å². The topological polar surface area (TPSA) is 203 Å². The first kappa shape index (κ1) is 79.1. The highest BCUT2D eigenvalue weighted by atomic mass is 79.9. The van der Waals surface area contributed by atoms with Gasteiger partial charge in [0.1, 0.15) is 58.6 Å². The third-order valence-corrected chi connectivity index (χ3v) is 17.9. The highest BCUT2D eigenvalue weighted by Crippen LogP contribution is 2.37. The maximum absolute atomic E-state index is 12.5. The molecular formula is C79H95Br3N4O14. The number of carbonyl (C=O) groups excluding carboxylic acids is 5. The van der Waals surface area contributed by atoms with Gasteiger partial charge in [-0.25, -0.2) is 24.0 Å². The summed E-state index contributed by atoms with van der Waals surface area (Å²) in [6.07, 6.45) is 1.35. The number of benzene rings is 7. The molecule has 0 radical (unpaired) electrons. The number of phenolic OH excluding ortho intramolecular Hbond substituents is 2. The van der Waals surface area contributed by atoms with E-state index in [4.69, 9.17) is 33.2 Å². The molecule has 0 saturated carbocycles. The van der Waals surface area contributed by atoms with Crippen molar-refractivity contribution in [2.75, 3.05) is 33.3 Å². The lowest BCUT2D eigenvalue weighted by molar-refractivity contribution is 0.0211. The van der Waals surface area contributed by atoms with E-state index in [0.717, 1.165) is 87.8 Å². The van der Waals surface area contributed by atoms with Crippen molar-refractivity contribution in [2.45, 2.75) is 176 Å². The molecule has 100 heavy (non-hydrogen) atoms. The summed E-state index contributed by atoms with van der Waals surface area (Å²) >= 11 is 10.4. The van der Waals surface area contributed by atoms with E-state index in [2.05, 4.69) is 72.1 Å². The lowest BCUT2D eigenvalue weighted by Crippen LogP contribution is -2.40. The van der Waals surface area contributed by atoms with Crippen LogP contribution in [0.25, 0.3) is 0 Å². The Balaban J connectivity index is 0.000000183. The summed E-state index contributed by atoms with van der Waals surface area (Å²) in [5, 5.41) is 20.5. The van der Waals surface area contributed by atoms with Gasteiger partial charge in [-0.2, -0.15) is 0 Å². The molecule has 4 aliphatic heterocycles. The first-order valence-electron chi connectivity index (χ1n) is 33.4. The molecule has 0 unspecified atom stereocenters. The zero-order chi connectivity index (χ0) is 73.1. The Kier molecular flexibility index (Phi) is 28.4. The van der Waals surface area contributed by atoms with Crippen LogP contribution in [0.2, 0.25) is 0 Å². The molecule has 21 heteroatoms. The number of fused-ring (bicyclic) bond motifs is 4. The Hall–Kier alpha value is -8.27. The molecule has 11 rings (SSSR count). The number of amides is 4. The van der Waals surface area contributed by atoms with Gasteiger partial charge in [-0.1, -0.05) is 151 Å². The number of phenols is 2. The lowest BCUT2D eigenvalue weighted by Gasteiger charge is -2.32. The number of halogens is 3. The van der Waals surface area contributed by atoms with E-state index < -0.39 is 34.5 Å². The third kappa shape index (κ3) is 24.2. The number of nitrogens with zero attached hydrogens (tertiary/aromatic N) is 4. The van der Waals surface area contributed by atoms with Crippen LogP contribution >= 0.6 is 47.8 Å². The van der Waals surface area contributed by atoms with Gasteiger partial charge in [0.25, 0.3) is 0 Å². The van der Waals surface area contributed by atoms with Gasteiger partial charge >= 0.3 is 30.3 Å². The summed E-state index contributed by atoms with van der Waals surface area (Å²) in [6, 6.07) is 46.7. The maximum atomic E-state index is 12.5. The van der Waals surface area contributed by atoms with E-state index in [1.54, 1.807) is 56.0 Å². The van der Waals surface area contributed by atoms with E-state index in [1.807, 2.05) is 168 Å². The van der Waals surface area contributed by atoms with Crippen LogP contribution in [0.1, 0.15) is 155 Å². The number of alkyl halides is 1. The third-order valence-electron chi connectivity index (χ3n) is 15.7. The fourth-order valence-corrected chi connectivity index (χ4v) is 12.4. The second-order valence-corrected chi connectivity index (χ2v) is 30.5. The van der Waals surface area contributed by atoms with Crippen LogP contribution in [0, 0.1) is 0 Å². The maximum Gasteiger partial charge on any atom is 0.410 e. The molecule has 0 fully saturated rings. The fourth-order valence-electron chi connectivity index (χ4n) is 11.0. The molecule has 4 aliphatic rings. The summed E-state index contributed by atoms with van der Waals surface area (Å²) in [5.41, 5.74) is 9.67. The molecule has 7 aromatic carbocycles. The number of carbonyl (C=O) groups is 5. The predicted octanol–water partition coefficient (Wildman–Crippen LogP) is 18.4. The van der Waals surface area contributed by atoms with Gasteiger partial charge in [-0.3, -0.25) is 0 Å². The zero-order valence-electron chi connectivity index (χ0n) is 59.7. The van der Waals surface area contributed by atoms with Gasteiger partial charge in [0, 0.05) is 69.3 Å². The molecule has 0 spiro atoms. The zero-order valence-corrected chi connectivity index (χ0v) is 64.4. The van der Waals surface area contributed by atoms with Gasteiger partial charge in [-0.05, 0) is 190 Å². The fraction of sp³-hybridized carbons (Fsp3) is 0.405. The molecule has 7 aromatic rings. The van der Waals surface area contributed by atoms with Crippen LogP contribution < -0.4 is 9.47 Å². The van der Waals surface area contributed by atoms with E-state index in [9.17, 15) is 34.2 Å². The molecule has 0 atom stereocenters. The van der Waals surface area contributed by atoms with Crippen molar-refractivity contribution in [3.8, 4) is 23.0 Å². The monoisotopic (exact) mass is 1560 g/mol. The van der Waals surface area contributed by atoms with Gasteiger partial charge in [0.05, 0.1) is 32.3 Å². The Bertz CT molecular complexity index is 3900. The van der Waals surface area contributed by atoms with Gasteiger partial charge in [0.15, 0.2) is 0 Å². The molecule has 0 aromatic heterocycles. The minimum absolute atomic E-state index is 0.273. The number of rotatable bonds is 8. The molecule has 0 aliphatic carbocycles. The number of esters is 1. The molecule has 18 nitrogen and oxygen atoms in total. The number of methoxy groups -OCH3 is 1. The van der Waals surface area contributed by atoms with Crippen LogP contribution in [0.5, 0.6) is 23.0 Å². The van der Waals surface area contributed by atoms with Gasteiger partial charge in [0.2, 0.25) is 0 Å².